The van der Waals surface area contributed by atoms with Crippen LogP contribution < -0.4 is 14.4 Å². The van der Waals surface area contributed by atoms with Crippen molar-refractivity contribution >= 4 is 49.3 Å². The number of halogens is 1. The van der Waals surface area contributed by atoms with Crippen LogP contribution >= 0.6 is 27.7 Å². The summed E-state index contributed by atoms with van der Waals surface area (Å²) in [6, 6.07) is 11.6. The fourth-order valence-corrected chi connectivity index (χ4v) is 5.65. The topological polar surface area (TPSA) is 75.7 Å². The second-order valence-corrected chi connectivity index (χ2v) is 12.6. The van der Waals surface area contributed by atoms with Crippen LogP contribution in [-0.2, 0) is 14.8 Å². The van der Waals surface area contributed by atoms with Crippen LogP contribution in [0.1, 0.15) is 26.3 Å². The molecule has 0 saturated carbocycles. The molecule has 0 aliphatic rings. The van der Waals surface area contributed by atoms with E-state index in [9.17, 15) is 13.2 Å². The van der Waals surface area contributed by atoms with E-state index < -0.39 is 10.0 Å². The molecule has 6 nitrogen and oxygen atoms in total. The van der Waals surface area contributed by atoms with Gasteiger partial charge in [-0.05, 0) is 53.2 Å². The second kappa shape index (κ2) is 10.7. The Morgan fingerprint density at radius 2 is 1.81 bits per heavy atom. The van der Waals surface area contributed by atoms with Crippen LogP contribution in [0, 0.1) is 6.92 Å². The van der Waals surface area contributed by atoms with Crippen molar-refractivity contribution in [2.24, 2.45) is 0 Å². The third-order valence-corrected chi connectivity index (χ3v) is 7.94. The second-order valence-electron chi connectivity index (χ2n) is 7.95. The molecule has 0 aliphatic carbocycles. The van der Waals surface area contributed by atoms with Crippen molar-refractivity contribution in [2.75, 3.05) is 30.3 Å². The zero-order valence-electron chi connectivity index (χ0n) is 18.4. The van der Waals surface area contributed by atoms with Gasteiger partial charge in [-0.3, -0.25) is 9.10 Å². The summed E-state index contributed by atoms with van der Waals surface area (Å²) in [5.74, 6) is 0.916. The summed E-state index contributed by atoms with van der Waals surface area (Å²) in [5.41, 5.74) is 1.42. The summed E-state index contributed by atoms with van der Waals surface area (Å²) in [6.45, 7) is 8.41. The van der Waals surface area contributed by atoms with Crippen LogP contribution in [0.25, 0.3) is 0 Å². The smallest absolute Gasteiger partial charge is 0.264 e. The number of hydrogen-bond acceptors (Lipinski definition) is 5. The van der Waals surface area contributed by atoms with Gasteiger partial charge in [0, 0.05) is 17.0 Å². The average molecular weight is 530 g/mol. The predicted octanol–water partition coefficient (Wildman–Crippen LogP) is 4.61. The Morgan fingerprint density at radius 1 is 1.16 bits per heavy atom. The first-order valence-electron chi connectivity index (χ1n) is 9.77. The molecule has 2 rings (SSSR count). The third-order valence-electron chi connectivity index (χ3n) is 4.28. The zero-order valence-corrected chi connectivity index (χ0v) is 21.7. The number of rotatable bonds is 9. The summed E-state index contributed by atoms with van der Waals surface area (Å²) in [5, 5.41) is 2.82. The first-order valence-corrected chi connectivity index (χ1v) is 13.0. The normalized spacial score (nSPS) is 11.8. The van der Waals surface area contributed by atoms with Gasteiger partial charge in [-0.1, -0.05) is 38.5 Å². The molecule has 0 fully saturated rings. The lowest BCUT2D eigenvalue weighted by Gasteiger charge is -2.25. The fraction of sp³-hybridized carbons (Fsp3) is 0.409. The molecule has 0 saturated heterocycles. The van der Waals surface area contributed by atoms with Gasteiger partial charge in [-0.2, -0.15) is 11.8 Å². The molecule has 0 atom stereocenters. The first-order chi connectivity index (χ1) is 14.4. The van der Waals surface area contributed by atoms with E-state index in [2.05, 4.69) is 42.0 Å². The molecule has 2 aromatic carbocycles. The number of aryl methyl sites for hydroxylation is 1. The molecule has 9 heteroatoms. The average Bonchev–Trinajstić information content (AvgIpc) is 2.69. The van der Waals surface area contributed by atoms with Crippen molar-refractivity contribution in [3.05, 3.63) is 52.5 Å². The summed E-state index contributed by atoms with van der Waals surface area (Å²) in [6.07, 6.45) is 0. The molecule has 0 radical (unpaired) electrons. The summed E-state index contributed by atoms with van der Waals surface area (Å²) >= 11 is 5.07. The molecular formula is C22H29BrN2O4S2. The number of carbonyl (C=O) groups is 1. The largest absolute Gasteiger partial charge is 0.496 e. The molecule has 0 unspecified atom stereocenters. The van der Waals surface area contributed by atoms with Crippen LogP contribution in [0.3, 0.4) is 0 Å². The lowest BCUT2D eigenvalue weighted by molar-refractivity contribution is -0.119. The Labute approximate surface area is 197 Å². The van der Waals surface area contributed by atoms with Gasteiger partial charge in [0.1, 0.15) is 12.3 Å². The van der Waals surface area contributed by atoms with E-state index in [0.717, 1.165) is 15.6 Å². The number of hydrogen-bond donors (Lipinski definition) is 1. The molecule has 0 aliphatic heterocycles. The van der Waals surface area contributed by atoms with Crippen LogP contribution in [0.4, 0.5) is 5.69 Å². The van der Waals surface area contributed by atoms with Gasteiger partial charge in [-0.15, -0.1) is 0 Å². The van der Waals surface area contributed by atoms with Crippen molar-refractivity contribution in [3.63, 3.8) is 0 Å². The van der Waals surface area contributed by atoms with E-state index >= 15 is 0 Å². The number of anilines is 1. The molecule has 2 aromatic rings. The lowest BCUT2D eigenvalue weighted by atomic mass is 10.2. The van der Waals surface area contributed by atoms with E-state index in [-0.39, 0.29) is 22.1 Å². The van der Waals surface area contributed by atoms with Gasteiger partial charge in [-0.25, -0.2) is 8.42 Å². The molecule has 0 bridgehead atoms. The maximum Gasteiger partial charge on any atom is 0.264 e. The molecule has 0 spiro atoms. The van der Waals surface area contributed by atoms with Crippen LogP contribution in [-0.4, -0.2) is 45.0 Å². The summed E-state index contributed by atoms with van der Waals surface area (Å²) in [4.78, 5) is 12.7. The predicted molar refractivity (Wildman–Crippen MR) is 132 cm³/mol. The SMILES string of the molecule is COc1ccc(S(=O)(=O)N(CC(=O)NCCSC(C)(C)C)c2ccc(C)cc2)cc1Br. The van der Waals surface area contributed by atoms with Gasteiger partial charge in [0.2, 0.25) is 5.91 Å². The molecule has 170 valence electrons. The van der Waals surface area contributed by atoms with E-state index in [1.54, 1.807) is 30.0 Å². The highest BCUT2D eigenvalue weighted by molar-refractivity contribution is 9.10. The number of nitrogens with zero attached hydrogens (tertiary/aromatic N) is 1. The quantitative estimate of drug-likeness (QED) is 0.481. The number of thioether (sulfide) groups is 1. The minimum Gasteiger partial charge on any atom is -0.496 e. The zero-order chi connectivity index (χ0) is 23.2. The standard InChI is InChI=1S/C22H29BrN2O4S2/c1-16-6-8-17(9-7-16)25(15-21(26)24-12-13-30-22(2,3)4)31(27,28)18-10-11-20(29-5)19(23)14-18/h6-11,14H,12-13,15H2,1-5H3,(H,24,26). The summed E-state index contributed by atoms with van der Waals surface area (Å²) < 4.78 is 33.8. The number of ether oxygens (including phenoxy) is 1. The van der Waals surface area contributed by atoms with Crippen LogP contribution in [0.15, 0.2) is 51.8 Å². The number of amides is 1. The molecule has 0 heterocycles. The molecule has 0 aromatic heterocycles. The van der Waals surface area contributed by atoms with Gasteiger partial charge in [0.15, 0.2) is 0 Å². The Morgan fingerprint density at radius 3 is 2.35 bits per heavy atom. The minimum absolute atomic E-state index is 0.0665. The van der Waals surface area contributed by atoms with Crippen molar-refractivity contribution in [3.8, 4) is 5.75 Å². The molecule has 1 N–H and O–H groups in total. The Kier molecular flexibility index (Phi) is 8.85. The highest BCUT2D eigenvalue weighted by Crippen LogP contribution is 2.30. The molecular weight excluding hydrogens is 500 g/mol. The maximum atomic E-state index is 13.4. The van der Waals surface area contributed by atoms with E-state index in [4.69, 9.17) is 4.74 Å². The van der Waals surface area contributed by atoms with Gasteiger partial charge in [0.25, 0.3) is 10.0 Å². The van der Waals surface area contributed by atoms with Crippen LogP contribution in [0.5, 0.6) is 5.75 Å². The van der Waals surface area contributed by atoms with Crippen LogP contribution in [0.2, 0.25) is 0 Å². The third kappa shape index (κ3) is 7.43. The fourth-order valence-electron chi connectivity index (χ4n) is 2.69. The van der Waals surface area contributed by atoms with Gasteiger partial charge in [0.05, 0.1) is 22.2 Å². The first kappa shape index (κ1) is 25.5. The van der Waals surface area contributed by atoms with E-state index in [1.807, 2.05) is 19.1 Å². The van der Waals surface area contributed by atoms with Crippen molar-refractivity contribution in [1.82, 2.24) is 5.32 Å². The number of benzene rings is 2. The van der Waals surface area contributed by atoms with Crippen molar-refractivity contribution in [1.29, 1.82) is 0 Å². The van der Waals surface area contributed by atoms with Gasteiger partial charge >= 0.3 is 0 Å². The number of sulfonamides is 1. The Hall–Kier alpha value is -1.71. The number of methoxy groups -OCH3 is 1. The molecule has 31 heavy (non-hydrogen) atoms. The highest BCUT2D eigenvalue weighted by Gasteiger charge is 2.28. The Bertz CT molecular complexity index is 1000. The number of nitrogens with one attached hydrogen (secondary N) is 1. The lowest BCUT2D eigenvalue weighted by Crippen LogP contribution is -2.41. The van der Waals surface area contributed by atoms with Crippen molar-refractivity contribution in [2.45, 2.75) is 37.3 Å². The molecule has 1 amide bonds. The monoisotopic (exact) mass is 528 g/mol. The summed E-state index contributed by atoms with van der Waals surface area (Å²) in [7, 11) is -2.47. The van der Waals surface area contributed by atoms with Crippen molar-refractivity contribution < 1.29 is 17.9 Å². The Balaban J connectivity index is 2.27. The number of carbonyl (C=O) groups excluding carboxylic acids is 1. The maximum absolute atomic E-state index is 13.4. The van der Waals surface area contributed by atoms with Gasteiger partial charge < -0.3 is 10.1 Å². The van der Waals surface area contributed by atoms with E-state index in [1.165, 1.54) is 19.2 Å². The minimum atomic E-state index is -3.98. The van der Waals surface area contributed by atoms with E-state index in [0.29, 0.717) is 22.5 Å². The highest BCUT2D eigenvalue weighted by atomic mass is 79.9.